The molecule has 1 heterocycles. The number of phenolic OH excluding ortho intramolecular Hbond substituents is 1. The van der Waals surface area contributed by atoms with Crippen LogP contribution < -0.4 is 15.4 Å². The SMILES string of the molecule is COc1cc([C@H]2NC(=O)NC(C)=C2C(=O)OC2CCCCC2)cc(Br)c1O. The Balaban J connectivity index is 1.94. The molecule has 146 valence electrons. The van der Waals surface area contributed by atoms with Crippen molar-refractivity contribution in [1.29, 1.82) is 0 Å². The number of nitrogens with one attached hydrogen (secondary N) is 2. The second-order valence-electron chi connectivity index (χ2n) is 6.79. The van der Waals surface area contributed by atoms with Crippen molar-refractivity contribution in [3.63, 3.8) is 0 Å². The third-order valence-electron chi connectivity index (χ3n) is 4.92. The molecule has 0 aromatic heterocycles. The fraction of sp³-hybridized carbons (Fsp3) is 0.474. The number of carbonyl (C=O) groups excluding carboxylic acids is 2. The van der Waals surface area contributed by atoms with E-state index in [9.17, 15) is 14.7 Å². The van der Waals surface area contributed by atoms with Gasteiger partial charge in [-0.25, -0.2) is 9.59 Å². The molecule has 1 atom stereocenters. The van der Waals surface area contributed by atoms with Crippen LogP contribution in [0.15, 0.2) is 27.9 Å². The lowest BCUT2D eigenvalue weighted by molar-refractivity contribution is -0.146. The second kappa shape index (κ2) is 8.21. The van der Waals surface area contributed by atoms with Gasteiger partial charge in [0.05, 0.1) is 23.2 Å². The lowest BCUT2D eigenvalue weighted by Crippen LogP contribution is -2.45. The zero-order valence-electron chi connectivity index (χ0n) is 15.3. The average Bonchev–Trinajstić information content (AvgIpc) is 2.63. The number of benzene rings is 1. The highest BCUT2D eigenvalue weighted by molar-refractivity contribution is 9.10. The van der Waals surface area contributed by atoms with Crippen molar-refractivity contribution in [2.24, 2.45) is 0 Å². The van der Waals surface area contributed by atoms with E-state index in [4.69, 9.17) is 9.47 Å². The number of amides is 2. The minimum atomic E-state index is -0.708. The summed E-state index contributed by atoms with van der Waals surface area (Å²) < 4.78 is 11.3. The number of carbonyl (C=O) groups is 2. The molecular weight excluding hydrogens is 416 g/mol. The Morgan fingerprint density at radius 2 is 1.96 bits per heavy atom. The molecule has 2 aliphatic rings. The molecule has 1 aliphatic heterocycles. The number of halogens is 1. The van der Waals surface area contributed by atoms with Gasteiger partial charge in [0.2, 0.25) is 0 Å². The van der Waals surface area contributed by atoms with E-state index < -0.39 is 18.0 Å². The predicted molar refractivity (Wildman–Crippen MR) is 102 cm³/mol. The average molecular weight is 439 g/mol. The number of ether oxygens (including phenoxy) is 2. The van der Waals surface area contributed by atoms with Gasteiger partial charge in [-0.1, -0.05) is 6.42 Å². The maximum atomic E-state index is 12.9. The van der Waals surface area contributed by atoms with E-state index >= 15 is 0 Å². The summed E-state index contributed by atoms with van der Waals surface area (Å²) in [5.41, 5.74) is 1.40. The van der Waals surface area contributed by atoms with Crippen LogP contribution in [-0.2, 0) is 9.53 Å². The number of rotatable bonds is 4. The molecule has 1 saturated carbocycles. The highest BCUT2D eigenvalue weighted by atomic mass is 79.9. The molecule has 0 spiro atoms. The van der Waals surface area contributed by atoms with Crippen molar-refractivity contribution in [3.05, 3.63) is 33.4 Å². The Hall–Kier alpha value is -2.22. The number of hydrogen-bond donors (Lipinski definition) is 3. The van der Waals surface area contributed by atoms with Gasteiger partial charge < -0.3 is 25.2 Å². The Morgan fingerprint density at radius 1 is 1.26 bits per heavy atom. The Kier molecular flexibility index (Phi) is 5.94. The number of phenols is 1. The highest BCUT2D eigenvalue weighted by Gasteiger charge is 2.34. The summed E-state index contributed by atoms with van der Waals surface area (Å²) in [6.07, 6.45) is 4.90. The zero-order valence-corrected chi connectivity index (χ0v) is 16.9. The fourth-order valence-electron chi connectivity index (χ4n) is 3.53. The lowest BCUT2D eigenvalue weighted by atomic mass is 9.94. The van der Waals surface area contributed by atoms with Crippen LogP contribution in [0.25, 0.3) is 0 Å². The van der Waals surface area contributed by atoms with E-state index in [0.717, 1.165) is 32.1 Å². The van der Waals surface area contributed by atoms with Crippen molar-refractivity contribution >= 4 is 27.9 Å². The maximum absolute atomic E-state index is 12.9. The highest BCUT2D eigenvalue weighted by Crippen LogP contribution is 2.39. The van der Waals surface area contributed by atoms with Crippen LogP contribution in [0.3, 0.4) is 0 Å². The van der Waals surface area contributed by atoms with Crippen molar-refractivity contribution in [3.8, 4) is 11.5 Å². The van der Waals surface area contributed by atoms with Crippen LogP contribution in [0.5, 0.6) is 11.5 Å². The molecule has 27 heavy (non-hydrogen) atoms. The van der Waals surface area contributed by atoms with E-state index in [1.165, 1.54) is 7.11 Å². The molecule has 0 unspecified atom stereocenters. The Bertz CT molecular complexity index is 787. The molecular formula is C19H23BrN2O5. The number of methoxy groups -OCH3 is 1. The Morgan fingerprint density at radius 3 is 2.63 bits per heavy atom. The first-order valence-corrected chi connectivity index (χ1v) is 9.75. The summed E-state index contributed by atoms with van der Waals surface area (Å²) in [5, 5.41) is 15.4. The first kappa shape index (κ1) is 19.5. The number of allylic oxidation sites excluding steroid dienone is 1. The number of esters is 1. The van der Waals surface area contributed by atoms with E-state index in [0.29, 0.717) is 21.3 Å². The van der Waals surface area contributed by atoms with Gasteiger partial charge in [-0.05, 0) is 66.2 Å². The van der Waals surface area contributed by atoms with Crippen molar-refractivity contribution in [2.45, 2.75) is 51.2 Å². The summed E-state index contributed by atoms with van der Waals surface area (Å²) in [6.45, 7) is 1.68. The molecule has 0 radical (unpaired) electrons. The second-order valence-corrected chi connectivity index (χ2v) is 7.64. The topological polar surface area (TPSA) is 96.9 Å². The van der Waals surface area contributed by atoms with Crippen molar-refractivity contribution in [2.75, 3.05) is 7.11 Å². The number of urea groups is 1. The van der Waals surface area contributed by atoms with E-state index in [-0.39, 0.29) is 17.6 Å². The first-order valence-electron chi connectivity index (χ1n) is 8.96. The summed E-state index contributed by atoms with van der Waals surface area (Å²) >= 11 is 3.28. The van der Waals surface area contributed by atoms with Crippen LogP contribution >= 0.6 is 15.9 Å². The van der Waals surface area contributed by atoms with Crippen LogP contribution in [0, 0.1) is 0 Å². The largest absolute Gasteiger partial charge is 0.503 e. The van der Waals surface area contributed by atoms with Gasteiger partial charge in [-0.3, -0.25) is 0 Å². The summed E-state index contributed by atoms with van der Waals surface area (Å²) in [4.78, 5) is 24.9. The van der Waals surface area contributed by atoms with Gasteiger partial charge in [0.15, 0.2) is 11.5 Å². The van der Waals surface area contributed by atoms with Gasteiger partial charge in [0.25, 0.3) is 0 Å². The summed E-state index contributed by atoms with van der Waals surface area (Å²) in [6, 6.07) is 2.13. The van der Waals surface area contributed by atoms with Gasteiger partial charge >= 0.3 is 12.0 Å². The van der Waals surface area contributed by atoms with Gasteiger partial charge in [0, 0.05) is 5.70 Å². The minimum Gasteiger partial charge on any atom is -0.503 e. The number of aromatic hydroxyl groups is 1. The predicted octanol–water partition coefficient (Wildman–Crippen LogP) is 3.67. The molecule has 1 aromatic carbocycles. The maximum Gasteiger partial charge on any atom is 0.338 e. The van der Waals surface area contributed by atoms with Crippen LogP contribution in [-0.4, -0.2) is 30.3 Å². The van der Waals surface area contributed by atoms with Crippen LogP contribution in [0.4, 0.5) is 4.79 Å². The third-order valence-corrected chi connectivity index (χ3v) is 5.52. The van der Waals surface area contributed by atoms with Gasteiger partial charge in [-0.2, -0.15) is 0 Å². The monoisotopic (exact) mass is 438 g/mol. The summed E-state index contributed by atoms with van der Waals surface area (Å²) in [7, 11) is 1.44. The van der Waals surface area contributed by atoms with Crippen LogP contribution in [0.2, 0.25) is 0 Å². The molecule has 3 N–H and O–H groups in total. The first-order chi connectivity index (χ1) is 12.9. The van der Waals surface area contributed by atoms with Gasteiger partial charge in [-0.15, -0.1) is 0 Å². The molecule has 0 bridgehead atoms. The number of hydrogen-bond acceptors (Lipinski definition) is 5. The zero-order chi connectivity index (χ0) is 19.6. The molecule has 1 aliphatic carbocycles. The summed E-state index contributed by atoms with van der Waals surface area (Å²) in [5.74, 6) is -0.251. The van der Waals surface area contributed by atoms with E-state index in [1.54, 1.807) is 19.1 Å². The van der Waals surface area contributed by atoms with E-state index in [1.807, 2.05) is 0 Å². The van der Waals surface area contributed by atoms with Crippen molar-refractivity contribution in [1.82, 2.24) is 10.6 Å². The van der Waals surface area contributed by atoms with E-state index in [2.05, 4.69) is 26.6 Å². The molecule has 7 nitrogen and oxygen atoms in total. The molecule has 3 rings (SSSR count). The van der Waals surface area contributed by atoms with Crippen LogP contribution in [0.1, 0.15) is 50.6 Å². The molecule has 2 amide bonds. The smallest absolute Gasteiger partial charge is 0.338 e. The lowest BCUT2D eigenvalue weighted by Gasteiger charge is -2.30. The Labute approximate surface area is 166 Å². The minimum absolute atomic E-state index is 0.0476. The molecule has 8 heteroatoms. The fourth-order valence-corrected chi connectivity index (χ4v) is 3.99. The normalized spacial score (nSPS) is 20.7. The van der Waals surface area contributed by atoms with Gasteiger partial charge in [0.1, 0.15) is 6.10 Å². The standard InChI is InChI=1S/C19H23BrN2O5/c1-10-15(18(24)27-12-6-4-3-5-7-12)16(22-19(25)21-10)11-8-13(20)17(23)14(9-11)26-2/h8-9,12,16,23H,3-7H2,1-2H3,(H2,21,22,25)/t16-/m1/s1. The quantitative estimate of drug-likeness (QED) is 0.623. The molecule has 1 aromatic rings. The molecule has 1 fully saturated rings. The third kappa shape index (κ3) is 4.21. The molecule has 0 saturated heterocycles. The van der Waals surface area contributed by atoms with Crippen molar-refractivity contribution < 1.29 is 24.2 Å².